The van der Waals surface area contributed by atoms with Crippen molar-refractivity contribution in [3.63, 3.8) is 0 Å². The third-order valence-electron chi connectivity index (χ3n) is 1.22. The Morgan fingerprint density at radius 3 is 3.00 bits per heavy atom. The molecule has 1 aromatic heterocycles. The van der Waals surface area contributed by atoms with Crippen LogP contribution in [0.15, 0.2) is 6.20 Å². The van der Waals surface area contributed by atoms with Crippen molar-refractivity contribution in [2.24, 2.45) is 0 Å². The summed E-state index contributed by atoms with van der Waals surface area (Å²) in [6, 6.07) is 1.85. The minimum atomic E-state index is 0.179. The van der Waals surface area contributed by atoms with Crippen LogP contribution in [0, 0.1) is 11.3 Å². The second-order valence-electron chi connectivity index (χ2n) is 1.93. The van der Waals surface area contributed by atoms with E-state index >= 15 is 0 Å². The van der Waals surface area contributed by atoms with Crippen molar-refractivity contribution in [2.45, 2.75) is 6.82 Å². The van der Waals surface area contributed by atoms with Crippen molar-refractivity contribution in [1.82, 2.24) is 9.97 Å². The smallest absolute Gasteiger partial charge is 0.182 e. The molecular weight excluding hydrogens is 139 g/mol. The molecule has 1 aromatic rings. The maximum Gasteiger partial charge on any atom is 0.182 e. The summed E-state index contributed by atoms with van der Waals surface area (Å²) in [7, 11) is 1.76. The van der Waals surface area contributed by atoms with Gasteiger partial charge < -0.3 is 5.73 Å². The fourth-order valence-corrected chi connectivity index (χ4v) is 0.633. The van der Waals surface area contributed by atoms with Gasteiger partial charge in [0.1, 0.15) is 6.07 Å². The van der Waals surface area contributed by atoms with E-state index in [1.807, 2.05) is 12.9 Å². The van der Waals surface area contributed by atoms with Gasteiger partial charge >= 0.3 is 0 Å². The molecule has 0 atom stereocenters. The molecule has 0 fully saturated rings. The van der Waals surface area contributed by atoms with Gasteiger partial charge in [-0.2, -0.15) is 5.26 Å². The summed E-state index contributed by atoms with van der Waals surface area (Å²) in [4.78, 5) is 7.69. The molecule has 1 rings (SSSR count). The molecule has 0 saturated carbocycles. The highest BCUT2D eigenvalue weighted by Crippen LogP contribution is 1.97. The molecule has 0 spiro atoms. The lowest BCUT2D eigenvalue weighted by Gasteiger charge is -1.96. The number of hydrogen-bond donors (Lipinski definition) is 1. The molecule has 11 heavy (non-hydrogen) atoms. The Labute approximate surface area is 65.3 Å². The largest absolute Gasteiger partial charge is 0.381 e. The van der Waals surface area contributed by atoms with Crippen molar-refractivity contribution < 1.29 is 0 Å². The lowest BCUT2D eigenvalue weighted by Crippen LogP contribution is -2.18. The van der Waals surface area contributed by atoms with Gasteiger partial charge in [-0.3, -0.25) is 0 Å². The average molecular weight is 145 g/mol. The van der Waals surface area contributed by atoms with Crippen molar-refractivity contribution in [3.05, 3.63) is 11.9 Å². The number of nitrogens with two attached hydrogens (primary N) is 1. The first-order chi connectivity index (χ1) is 5.27. The molecule has 4 nitrogen and oxygen atoms in total. The summed E-state index contributed by atoms with van der Waals surface area (Å²) < 4.78 is 0. The van der Waals surface area contributed by atoms with E-state index in [-0.39, 0.29) is 11.5 Å². The van der Waals surface area contributed by atoms with Gasteiger partial charge in [0.2, 0.25) is 0 Å². The maximum absolute atomic E-state index is 8.49. The first-order valence-electron chi connectivity index (χ1n) is 3.10. The second kappa shape index (κ2) is 3.02. The predicted molar refractivity (Wildman–Crippen MR) is 42.4 cm³/mol. The van der Waals surface area contributed by atoms with E-state index < -0.39 is 0 Å². The van der Waals surface area contributed by atoms with Crippen LogP contribution in [-0.4, -0.2) is 17.2 Å². The Balaban J connectivity index is 3.15. The third kappa shape index (κ3) is 1.47. The zero-order chi connectivity index (χ0) is 8.27. The van der Waals surface area contributed by atoms with Crippen molar-refractivity contribution in [1.29, 1.82) is 5.26 Å². The number of hydrogen-bond acceptors (Lipinski definition) is 4. The lowest BCUT2D eigenvalue weighted by molar-refractivity contribution is 1.21. The molecule has 2 N–H and O–H groups in total. The molecule has 0 aromatic carbocycles. The second-order valence-corrected chi connectivity index (χ2v) is 1.93. The minimum absolute atomic E-state index is 0.179. The number of aromatic nitrogens is 2. The summed E-state index contributed by atoms with van der Waals surface area (Å²) in [6.07, 6.45) is 1.52. The van der Waals surface area contributed by atoms with Gasteiger partial charge in [0.15, 0.2) is 18.8 Å². The summed E-state index contributed by atoms with van der Waals surface area (Å²) in [5.41, 5.74) is 6.19. The molecule has 0 aliphatic heterocycles. The Morgan fingerprint density at radius 2 is 2.45 bits per heavy atom. The predicted octanol–water partition coefficient (Wildman–Crippen LogP) is -0.692. The molecule has 0 amide bonds. The maximum atomic E-state index is 8.49. The highest BCUT2D eigenvalue weighted by atomic mass is 14.9. The molecular formula is C6H6BN4. The monoisotopic (exact) mass is 145 g/mol. The van der Waals surface area contributed by atoms with Crippen LogP contribution in [0.2, 0.25) is 6.82 Å². The van der Waals surface area contributed by atoms with Gasteiger partial charge in [-0.1, -0.05) is 6.82 Å². The van der Waals surface area contributed by atoms with Crippen LogP contribution >= 0.6 is 0 Å². The van der Waals surface area contributed by atoms with E-state index in [4.69, 9.17) is 11.0 Å². The topological polar surface area (TPSA) is 75.6 Å². The minimum Gasteiger partial charge on any atom is -0.381 e. The zero-order valence-corrected chi connectivity index (χ0v) is 6.07. The SMILES string of the molecule is C[B]c1cnc(N)c(C#N)n1. The van der Waals surface area contributed by atoms with E-state index in [1.54, 1.807) is 7.28 Å². The molecule has 0 saturated heterocycles. The molecule has 53 valence electrons. The highest BCUT2D eigenvalue weighted by molar-refractivity contribution is 6.50. The van der Waals surface area contributed by atoms with Gasteiger partial charge in [-0.15, -0.1) is 0 Å². The van der Waals surface area contributed by atoms with Gasteiger partial charge in [0, 0.05) is 11.8 Å². The van der Waals surface area contributed by atoms with E-state index in [0.29, 0.717) is 5.59 Å². The van der Waals surface area contributed by atoms with Gasteiger partial charge in [-0.05, 0) is 0 Å². The summed E-state index contributed by atoms with van der Waals surface area (Å²) in [5, 5.41) is 8.49. The van der Waals surface area contributed by atoms with Crippen LogP contribution < -0.4 is 11.3 Å². The van der Waals surface area contributed by atoms with E-state index in [1.165, 1.54) is 6.20 Å². The fourth-order valence-electron chi connectivity index (χ4n) is 0.633. The zero-order valence-electron chi connectivity index (χ0n) is 6.07. The van der Waals surface area contributed by atoms with Crippen molar-refractivity contribution in [2.75, 3.05) is 5.73 Å². The Bertz CT molecular complexity index is 304. The number of rotatable bonds is 1. The molecule has 0 aliphatic rings. The van der Waals surface area contributed by atoms with Gasteiger partial charge in [0.25, 0.3) is 0 Å². The van der Waals surface area contributed by atoms with Crippen LogP contribution in [-0.2, 0) is 0 Å². The van der Waals surface area contributed by atoms with Gasteiger partial charge in [-0.25, -0.2) is 9.97 Å². The number of nitriles is 1. The Kier molecular flexibility index (Phi) is 2.07. The molecule has 1 heterocycles. The van der Waals surface area contributed by atoms with Crippen molar-refractivity contribution in [3.8, 4) is 6.07 Å². The number of nitrogen functional groups attached to an aromatic ring is 1. The van der Waals surface area contributed by atoms with Crippen LogP contribution in [0.3, 0.4) is 0 Å². The van der Waals surface area contributed by atoms with Crippen LogP contribution in [0.25, 0.3) is 0 Å². The molecule has 1 radical (unpaired) electrons. The van der Waals surface area contributed by atoms with E-state index in [9.17, 15) is 0 Å². The first kappa shape index (κ1) is 7.54. The summed E-state index contributed by atoms with van der Waals surface area (Å²) in [5.74, 6) is 0.179. The third-order valence-corrected chi connectivity index (χ3v) is 1.22. The standard InChI is InChI=1S/C6H6BN4/c1-7-5-3-10-6(9)4(2-8)11-5/h3H,1H3,(H2,9,10). The van der Waals surface area contributed by atoms with E-state index in [2.05, 4.69) is 9.97 Å². The number of anilines is 1. The molecule has 5 heteroatoms. The summed E-state index contributed by atoms with van der Waals surface area (Å²) in [6.45, 7) is 1.82. The molecule has 0 aliphatic carbocycles. The van der Waals surface area contributed by atoms with Crippen LogP contribution in [0.5, 0.6) is 0 Å². The summed E-state index contributed by atoms with van der Waals surface area (Å²) >= 11 is 0. The Hall–Kier alpha value is -1.57. The average Bonchev–Trinajstić information content (AvgIpc) is 2.05. The highest BCUT2D eigenvalue weighted by Gasteiger charge is 2.01. The van der Waals surface area contributed by atoms with Crippen molar-refractivity contribution >= 4 is 18.7 Å². The van der Waals surface area contributed by atoms with Crippen LogP contribution in [0.4, 0.5) is 5.82 Å². The first-order valence-corrected chi connectivity index (χ1v) is 3.10. The van der Waals surface area contributed by atoms with Gasteiger partial charge in [0.05, 0.1) is 0 Å². The molecule has 0 unspecified atom stereocenters. The lowest BCUT2D eigenvalue weighted by atomic mass is 9.78. The quantitative estimate of drug-likeness (QED) is 0.530. The fraction of sp³-hybridized carbons (Fsp3) is 0.167. The Morgan fingerprint density at radius 1 is 1.73 bits per heavy atom. The van der Waals surface area contributed by atoms with Crippen LogP contribution in [0.1, 0.15) is 5.69 Å². The van der Waals surface area contributed by atoms with E-state index in [0.717, 1.165) is 0 Å². The number of nitrogens with zero attached hydrogens (tertiary/aromatic N) is 3. The normalized spacial score (nSPS) is 8.73. The molecule has 0 bridgehead atoms.